The predicted molar refractivity (Wildman–Crippen MR) is 88.7 cm³/mol. The smallest absolute Gasteiger partial charge is 0.258 e. The Balaban J connectivity index is 2.08. The molecular formula is C18H19N3O2. The molecule has 5 nitrogen and oxygen atoms in total. The maximum atomic E-state index is 13.1. The average molecular weight is 309 g/mol. The van der Waals surface area contributed by atoms with Crippen LogP contribution in [0.15, 0.2) is 42.7 Å². The van der Waals surface area contributed by atoms with Crippen molar-refractivity contribution in [1.82, 2.24) is 10.3 Å². The zero-order valence-corrected chi connectivity index (χ0v) is 13.2. The maximum absolute atomic E-state index is 13.1. The number of hydrogen-bond donors (Lipinski definition) is 1. The molecule has 3 rings (SSSR count). The zero-order valence-electron chi connectivity index (χ0n) is 13.2. The standard InChI is InChI=1S/C18H19N3O2/c1-3-13-10-19-9-8-14(13)18(23)21-11-12(2)20-17(22)15-6-4-5-7-16(15)21/h4-10,12H,3,11H2,1-2H3,(H,20,22)/t12-/m1/s1. The van der Waals surface area contributed by atoms with Crippen LogP contribution in [0.2, 0.25) is 0 Å². The Kier molecular flexibility index (Phi) is 4.10. The fourth-order valence-electron chi connectivity index (χ4n) is 2.88. The summed E-state index contributed by atoms with van der Waals surface area (Å²) in [7, 11) is 0. The van der Waals surface area contributed by atoms with Gasteiger partial charge in [0.05, 0.1) is 11.3 Å². The van der Waals surface area contributed by atoms with Gasteiger partial charge < -0.3 is 10.2 Å². The van der Waals surface area contributed by atoms with Crippen LogP contribution in [0.1, 0.15) is 40.1 Å². The molecule has 1 N–H and O–H groups in total. The molecule has 2 aromatic rings. The highest BCUT2D eigenvalue weighted by atomic mass is 16.2. The second-order valence-corrected chi connectivity index (χ2v) is 5.69. The molecular weight excluding hydrogens is 290 g/mol. The Morgan fingerprint density at radius 2 is 2.13 bits per heavy atom. The van der Waals surface area contributed by atoms with Crippen LogP contribution in [-0.2, 0) is 6.42 Å². The fraction of sp³-hybridized carbons (Fsp3) is 0.278. The van der Waals surface area contributed by atoms with E-state index in [1.165, 1.54) is 0 Å². The molecule has 2 heterocycles. The van der Waals surface area contributed by atoms with Gasteiger partial charge in [-0.25, -0.2) is 0 Å². The maximum Gasteiger partial charge on any atom is 0.258 e. The minimum atomic E-state index is -0.145. The number of nitrogens with zero attached hydrogens (tertiary/aromatic N) is 2. The van der Waals surface area contributed by atoms with Crippen molar-refractivity contribution in [2.24, 2.45) is 0 Å². The van der Waals surface area contributed by atoms with Gasteiger partial charge in [0.2, 0.25) is 0 Å². The van der Waals surface area contributed by atoms with E-state index in [1.807, 2.05) is 26.0 Å². The topological polar surface area (TPSA) is 62.3 Å². The number of carbonyl (C=O) groups excluding carboxylic acids is 2. The fourth-order valence-corrected chi connectivity index (χ4v) is 2.88. The Labute approximate surface area is 135 Å². The Morgan fingerprint density at radius 1 is 1.35 bits per heavy atom. The summed E-state index contributed by atoms with van der Waals surface area (Å²) in [5, 5.41) is 2.92. The lowest BCUT2D eigenvalue weighted by Gasteiger charge is -2.25. The summed E-state index contributed by atoms with van der Waals surface area (Å²) >= 11 is 0. The van der Waals surface area contributed by atoms with E-state index < -0.39 is 0 Å². The molecule has 0 radical (unpaired) electrons. The molecule has 0 unspecified atom stereocenters. The molecule has 0 saturated heterocycles. The van der Waals surface area contributed by atoms with Gasteiger partial charge in [-0.3, -0.25) is 14.6 Å². The molecule has 23 heavy (non-hydrogen) atoms. The molecule has 5 heteroatoms. The van der Waals surface area contributed by atoms with Gasteiger partial charge in [-0.2, -0.15) is 0 Å². The van der Waals surface area contributed by atoms with Crippen molar-refractivity contribution >= 4 is 17.5 Å². The van der Waals surface area contributed by atoms with Crippen LogP contribution in [0, 0.1) is 0 Å². The number of anilines is 1. The minimum absolute atomic E-state index is 0.0972. The third kappa shape index (κ3) is 2.82. The Morgan fingerprint density at radius 3 is 2.91 bits per heavy atom. The number of para-hydroxylation sites is 1. The quantitative estimate of drug-likeness (QED) is 0.926. The van der Waals surface area contributed by atoms with Crippen LogP contribution in [0.4, 0.5) is 5.69 Å². The number of aryl methyl sites for hydroxylation is 1. The number of benzene rings is 1. The molecule has 0 bridgehead atoms. The average Bonchev–Trinajstić information content (AvgIpc) is 2.71. The van der Waals surface area contributed by atoms with E-state index in [2.05, 4.69) is 10.3 Å². The van der Waals surface area contributed by atoms with E-state index in [1.54, 1.807) is 35.5 Å². The second kappa shape index (κ2) is 6.20. The van der Waals surface area contributed by atoms with Crippen molar-refractivity contribution in [3.63, 3.8) is 0 Å². The molecule has 1 aliphatic heterocycles. The zero-order chi connectivity index (χ0) is 16.4. The van der Waals surface area contributed by atoms with E-state index in [0.29, 0.717) is 23.4 Å². The van der Waals surface area contributed by atoms with Gasteiger partial charge in [0.15, 0.2) is 0 Å². The van der Waals surface area contributed by atoms with Crippen molar-refractivity contribution in [1.29, 1.82) is 0 Å². The minimum Gasteiger partial charge on any atom is -0.348 e. The molecule has 1 aromatic heterocycles. The molecule has 0 fully saturated rings. The second-order valence-electron chi connectivity index (χ2n) is 5.69. The van der Waals surface area contributed by atoms with Gasteiger partial charge in [0.25, 0.3) is 11.8 Å². The van der Waals surface area contributed by atoms with Crippen molar-refractivity contribution in [2.75, 3.05) is 11.4 Å². The molecule has 0 aliphatic carbocycles. The number of aromatic nitrogens is 1. The summed E-state index contributed by atoms with van der Waals surface area (Å²) < 4.78 is 0. The van der Waals surface area contributed by atoms with Gasteiger partial charge in [-0.1, -0.05) is 19.1 Å². The van der Waals surface area contributed by atoms with Gasteiger partial charge in [-0.15, -0.1) is 0 Å². The predicted octanol–water partition coefficient (Wildman–Crippen LogP) is 2.42. The Bertz CT molecular complexity index is 757. The lowest BCUT2D eigenvalue weighted by Crippen LogP contribution is -2.41. The summed E-state index contributed by atoms with van der Waals surface area (Å²) in [5.41, 5.74) is 2.72. The summed E-state index contributed by atoms with van der Waals surface area (Å²) in [6.45, 7) is 4.34. The lowest BCUT2D eigenvalue weighted by molar-refractivity contribution is 0.0939. The van der Waals surface area contributed by atoms with Crippen molar-refractivity contribution in [3.05, 3.63) is 59.4 Å². The molecule has 1 atom stereocenters. The van der Waals surface area contributed by atoms with E-state index in [4.69, 9.17) is 0 Å². The normalized spacial score (nSPS) is 17.2. The number of amides is 2. The number of nitrogens with one attached hydrogen (secondary N) is 1. The highest BCUT2D eigenvalue weighted by Gasteiger charge is 2.29. The first kappa shape index (κ1) is 15.2. The first-order chi connectivity index (χ1) is 11.1. The van der Waals surface area contributed by atoms with Crippen LogP contribution in [0.3, 0.4) is 0 Å². The summed E-state index contributed by atoms with van der Waals surface area (Å²) in [5.74, 6) is -0.242. The van der Waals surface area contributed by atoms with Crippen LogP contribution in [0.25, 0.3) is 0 Å². The van der Waals surface area contributed by atoms with Crippen LogP contribution < -0.4 is 10.2 Å². The van der Waals surface area contributed by atoms with Gasteiger partial charge in [-0.05, 0) is 37.1 Å². The molecule has 1 aliphatic rings. The number of hydrogen-bond acceptors (Lipinski definition) is 3. The van der Waals surface area contributed by atoms with E-state index in [-0.39, 0.29) is 17.9 Å². The molecule has 0 spiro atoms. The first-order valence-corrected chi connectivity index (χ1v) is 7.76. The summed E-state index contributed by atoms with van der Waals surface area (Å²) in [6, 6.07) is 8.84. The van der Waals surface area contributed by atoms with Crippen LogP contribution in [-0.4, -0.2) is 29.4 Å². The first-order valence-electron chi connectivity index (χ1n) is 7.76. The number of fused-ring (bicyclic) bond motifs is 1. The highest BCUT2D eigenvalue weighted by molar-refractivity contribution is 6.11. The molecule has 0 saturated carbocycles. The monoisotopic (exact) mass is 309 g/mol. The van der Waals surface area contributed by atoms with Crippen molar-refractivity contribution < 1.29 is 9.59 Å². The van der Waals surface area contributed by atoms with Crippen molar-refractivity contribution in [3.8, 4) is 0 Å². The van der Waals surface area contributed by atoms with Crippen molar-refractivity contribution in [2.45, 2.75) is 26.3 Å². The SMILES string of the molecule is CCc1cnccc1C(=O)N1C[C@@H](C)NC(=O)c2ccccc21. The molecule has 2 amide bonds. The lowest BCUT2D eigenvalue weighted by atomic mass is 10.1. The highest BCUT2D eigenvalue weighted by Crippen LogP contribution is 2.26. The van der Waals surface area contributed by atoms with E-state index in [0.717, 1.165) is 12.0 Å². The van der Waals surface area contributed by atoms with E-state index >= 15 is 0 Å². The summed E-state index contributed by atoms with van der Waals surface area (Å²) in [4.78, 5) is 31.2. The van der Waals surface area contributed by atoms with Gasteiger partial charge in [0.1, 0.15) is 0 Å². The third-order valence-corrected chi connectivity index (χ3v) is 4.03. The molecule has 1 aromatic carbocycles. The van der Waals surface area contributed by atoms with E-state index in [9.17, 15) is 9.59 Å². The summed E-state index contributed by atoms with van der Waals surface area (Å²) in [6.07, 6.45) is 4.09. The van der Waals surface area contributed by atoms with Gasteiger partial charge in [0, 0.05) is 30.5 Å². The Hall–Kier alpha value is -2.69. The number of carbonyl (C=O) groups is 2. The number of pyridine rings is 1. The van der Waals surface area contributed by atoms with Crippen LogP contribution >= 0.6 is 0 Å². The molecule has 118 valence electrons. The van der Waals surface area contributed by atoms with Gasteiger partial charge >= 0.3 is 0 Å². The third-order valence-electron chi connectivity index (χ3n) is 4.03. The number of rotatable bonds is 2. The largest absolute Gasteiger partial charge is 0.348 e. The van der Waals surface area contributed by atoms with Crippen LogP contribution in [0.5, 0.6) is 0 Å².